The van der Waals surface area contributed by atoms with E-state index < -0.39 is 5.97 Å². The van der Waals surface area contributed by atoms with E-state index in [4.69, 9.17) is 5.11 Å². The van der Waals surface area contributed by atoms with Crippen LogP contribution in [0.3, 0.4) is 0 Å². The summed E-state index contributed by atoms with van der Waals surface area (Å²) in [5.74, 6) is -0.749. The molecule has 0 spiro atoms. The molecule has 0 radical (unpaired) electrons. The molecule has 0 fully saturated rings. The van der Waals surface area contributed by atoms with Crippen molar-refractivity contribution in [2.45, 2.75) is 20.3 Å². The highest BCUT2D eigenvalue weighted by Crippen LogP contribution is 2.24. The van der Waals surface area contributed by atoms with Gasteiger partial charge >= 0.3 is 5.97 Å². The molecule has 0 bridgehead atoms. The third kappa shape index (κ3) is 4.91. The molecule has 1 rings (SSSR count). The predicted molar refractivity (Wildman–Crippen MR) is 78.9 cm³/mol. The molecular formula is C15H24N2O2. The number of para-hydroxylation sites is 1. The standard InChI is InChI=1S/C15H24N2O2/c1-12-6-5-7-13(2)15(12)17(9-8-14(18)19)11-10-16(3)4/h5-7H,8-11H2,1-4H3,(H,18,19). The number of likely N-dealkylation sites (N-methyl/N-ethyl adjacent to an activating group) is 1. The number of rotatable bonds is 7. The van der Waals surface area contributed by atoms with Crippen molar-refractivity contribution in [3.63, 3.8) is 0 Å². The Morgan fingerprint density at radius 1 is 1.11 bits per heavy atom. The van der Waals surface area contributed by atoms with Crippen LogP contribution in [0.25, 0.3) is 0 Å². The Kier molecular flexibility index (Phi) is 5.83. The first-order chi connectivity index (χ1) is 8.91. The molecule has 0 aliphatic carbocycles. The lowest BCUT2D eigenvalue weighted by molar-refractivity contribution is -0.136. The van der Waals surface area contributed by atoms with Gasteiger partial charge in [-0.05, 0) is 39.1 Å². The lowest BCUT2D eigenvalue weighted by atomic mass is 10.1. The summed E-state index contributed by atoms with van der Waals surface area (Å²) in [7, 11) is 4.06. The summed E-state index contributed by atoms with van der Waals surface area (Å²) in [5, 5.41) is 8.89. The van der Waals surface area contributed by atoms with Gasteiger partial charge in [-0.3, -0.25) is 4.79 Å². The van der Waals surface area contributed by atoms with Crippen molar-refractivity contribution in [2.75, 3.05) is 38.6 Å². The highest BCUT2D eigenvalue weighted by molar-refractivity contribution is 5.68. The minimum Gasteiger partial charge on any atom is -0.481 e. The molecule has 0 saturated heterocycles. The Balaban J connectivity index is 2.90. The van der Waals surface area contributed by atoms with Crippen LogP contribution in [-0.4, -0.2) is 49.7 Å². The lowest BCUT2D eigenvalue weighted by Crippen LogP contribution is -2.34. The zero-order chi connectivity index (χ0) is 14.4. The van der Waals surface area contributed by atoms with Gasteiger partial charge < -0.3 is 14.9 Å². The van der Waals surface area contributed by atoms with Crippen molar-refractivity contribution in [1.82, 2.24) is 4.90 Å². The molecule has 106 valence electrons. The molecule has 0 amide bonds. The molecule has 0 atom stereocenters. The van der Waals surface area contributed by atoms with E-state index in [-0.39, 0.29) is 6.42 Å². The minimum absolute atomic E-state index is 0.168. The van der Waals surface area contributed by atoms with Crippen molar-refractivity contribution in [1.29, 1.82) is 0 Å². The van der Waals surface area contributed by atoms with Gasteiger partial charge in [0.1, 0.15) is 0 Å². The highest BCUT2D eigenvalue weighted by Gasteiger charge is 2.13. The van der Waals surface area contributed by atoms with Crippen molar-refractivity contribution >= 4 is 11.7 Å². The third-order valence-corrected chi connectivity index (χ3v) is 3.17. The zero-order valence-electron chi connectivity index (χ0n) is 12.3. The summed E-state index contributed by atoms with van der Waals surface area (Å²) in [4.78, 5) is 15.1. The number of carboxylic acids is 1. The molecule has 4 nitrogen and oxygen atoms in total. The van der Waals surface area contributed by atoms with Gasteiger partial charge in [-0.15, -0.1) is 0 Å². The van der Waals surface area contributed by atoms with Crippen molar-refractivity contribution in [3.8, 4) is 0 Å². The SMILES string of the molecule is Cc1cccc(C)c1N(CCC(=O)O)CCN(C)C. The summed E-state index contributed by atoms with van der Waals surface area (Å²) in [6, 6.07) is 6.19. The average Bonchev–Trinajstić information content (AvgIpc) is 2.30. The van der Waals surface area contributed by atoms with Crippen molar-refractivity contribution < 1.29 is 9.90 Å². The highest BCUT2D eigenvalue weighted by atomic mass is 16.4. The zero-order valence-corrected chi connectivity index (χ0v) is 12.3. The van der Waals surface area contributed by atoms with Crippen molar-refractivity contribution in [2.24, 2.45) is 0 Å². The Morgan fingerprint density at radius 3 is 2.16 bits per heavy atom. The Bertz CT molecular complexity index is 410. The number of benzene rings is 1. The Hall–Kier alpha value is -1.55. The molecule has 0 aromatic heterocycles. The van der Waals surface area contributed by atoms with Gasteiger partial charge in [-0.25, -0.2) is 0 Å². The van der Waals surface area contributed by atoms with E-state index in [1.165, 1.54) is 16.8 Å². The second-order valence-electron chi connectivity index (χ2n) is 5.17. The topological polar surface area (TPSA) is 43.8 Å². The number of aliphatic carboxylic acids is 1. The molecule has 0 heterocycles. The monoisotopic (exact) mass is 264 g/mol. The molecule has 0 aliphatic rings. The van der Waals surface area contributed by atoms with Gasteiger partial charge in [0.25, 0.3) is 0 Å². The van der Waals surface area contributed by atoms with Crippen molar-refractivity contribution in [3.05, 3.63) is 29.3 Å². The van der Waals surface area contributed by atoms with Gasteiger partial charge in [0.2, 0.25) is 0 Å². The molecule has 19 heavy (non-hydrogen) atoms. The van der Waals surface area contributed by atoms with Crippen LogP contribution in [0.1, 0.15) is 17.5 Å². The first kappa shape index (κ1) is 15.5. The molecule has 1 aromatic rings. The van der Waals surface area contributed by atoms with Crippen LogP contribution in [0.5, 0.6) is 0 Å². The van der Waals surface area contributed by atoms with Crippen LogP contribution in [0.2, 0.25) is 0 Å². The second kappa shape index (κ2) is 7.14. The summed E-state index contributed by atoms with van der Waals surface area (Å²) < 4.78 is 0. The summed E-state index contributed by atoms with van der Waals surface area (Å²) in [5.41, 5.74) is 3.57. The molecule has 0 saturated carbocycles. The smallest absolute Gasteiger partial charge is 0.305 e. The molecule has 1 aromatic carbocycles. The number of hydrogen-bond acceptors (Lipinski definition) is 3. The first-order valence-corrected chi connectivity index (χ1v) is 6.59. The van der Waals surface area contributed by atoms with Gasteiger partial charge in [-0.2, -0.15) is 0 Å². The number of hydrogen-bond donors (Lipinski definition) is 1. The van der Waals surface area contributed by atoms with Crippen LogP contribution in [0, 0.1) is 13.8 Å². The quantitative estimate of drug-likeness (QED) is 0.819. The van der Waals surface area contributed by atoms with E-state index in [9.17, 15) is 4.79 Å². The maximum Gasteiger partial charge on any atom is 0.305 e. The third-order valence-electron chi connectivity index (χ3n) is 3.17. The average molecular weight is 264 g/mol. The van der Waals surface area contributed by atoms with Crippen LogP contribution < -0.4 is 4.90 Å². The molecule has 1 N–H and O–H groups in total. The number of nitrogens with zero attached hydrogens (tertiary/aromatic N) is 2. The van der Waals surface area contributed by atoms with Crippen LogP contribution >= 0.6 is 0 Å². The Labute approximate surface area is 115 Å². The fourth-order valence-electron chi connectivity index (χ4n) is 2.19. The predicted octanol–water partition coefficient (Wildman–Crippen LogP) is 2.15. The maximum atomic E-state index is 10.8. The van der Waals surface area contributed by atoms with E-state index in [2.05, 4.69) is 35.8 Å². The number of carboxylic acid groups (broad SMARTS) is 1. The summed E-state index contributed by atoms with van der Waals surface area (Å²) in [6.45, 7) is 6.45. The fraction of sp³-hybridized carbons (Fsp3) is 0.533. The van der Waals surface area contributed by atoms with E-state index in [0.29, 0.717) is 6.54 Å². The number of anilines is 1. The number of carbonyl (C=O) groups is 1. The van der Waals surface area contributed by atoms with E-state index in [1.54, 1.807) is 0 Å². The first-order valence-electron chi connectivity index (χ1n) is 6.59. The van der Waals surface area contributed by atoms with Gasteiger partial charge in [0.05, 0.1) is 6.42 Å². The van der Waals surface area contributed by atoms with E-state index in [1.807, 2.05) is 20.2 Å². The van der Waals surface area contributed by atoms with E-state index >= 15 is 0 Å². The lowest BCUT2D eigenvalue weighted by Gasteiger charge is -2.29. The van der Waals surface area contributed by atoms with Crippen LogP contribution in [0.15, 0.2) is 18.2 Å². The van der Waals surface area contributed by atoms with Crippen LogP contribution in [0.4, 0.5) is 5.69 Å². The number of aryl methyl sites for hydroxylation is 2. The van der Waals surface area contributed by atoms with Crippen LogP contribution in [-0.2, 0) is 4.79 Å². The summed E-state index contributed by atoms with van der Waals surface area (Å²) >= 11 is 0. The van der Waals surface area contributed by atoms with Gasteiger partial charge in [0.15, 0.2) is 0 Å². The molecule has 4 heteroatoms. The summed E-state index contributed by atoms with van der Waals surface area (Å²) in [6.07, 6.45) is 0.168. The second-order valence-corrected chi connectivity index (χ2v) is 5.17. The van der Waals surface area contributed by atoms with Gasteiger partial charge in [-0.1, -0.05) is 18.2 Å². The largest absolute Gasteiger partial charge is 0.481 e. The molecule has 0 aliphatic heterocycles. The normalized spacial score (nSPS) is 10.8. The fourth-order valence-corrected chi connectivity index (χ4v) is 2.19. The Morgan fingerprint density at radius 2 is 1.68 bits per heavy atom. The minimum atomic E-state index is -0.749. The maximum absolute atomic E-state index is 10.8. The molecular weight excluding hydrogens is 240 g/mol. The van der Waals surface area contributed by atoms with Gasteiger partial charge in [0, 0.05) is 25.3 Å². The van der Waals surface area contributed by atoms with E-state index in [0.717, 1.165) is 13.1 Å². The molecule has 0 unspecified atom stereocenters.